The lowest BCUT2D eigenvalue weighted by Gasteiger charge is -2.05. The first-order chi connectivity index (χ1) is 9.17. The highest BCUT2D eigenvalue weighted by Crippen LogP contribution is 2.21. The molecule has 0 atom stereocenters. The summed E-state index contributed by atoms with van der Waals surface area (Å²) in [4.78, 5) is 8.25. The Morgan fingerprint density at radius 2 is 2.21 bits per heavy atom. The number of nitrogen functional groups attached to an aromatic ring is 1. The van der Waals surface area contributed by atoms with E-state index < -0.39 is 0 Å². The highest BCUT2D eigenvalue weighted by atomic mass is 15.1. The lowest BCUT2D eigenvalue weighted by molar-refractivity contribution is 1.11. The number of nitrogens with two attached hydrogens (primary N) is 2. The van der Waals surface area contributed by atoms with Crippen LogP contribution in [0.5, 0.6) is 0 Å². The lowest BCUT2D eigenvalue weighted by Crippen LogP contribution is -2.00. The van der Waals surface area contributed by atoms with Crippen molar-refractivity contribution in [3.63, 3.8) is 0 Å². The fourth-order valence-corrected chi connectivity index (χ4v) is 1.77. The van der Waals surface area contributed by atoms with Gasteiger partial charge in [0.15, 0.2) is 0 Å². The number of hydrogen-bond acceptors (Lipinski definition) is 4. The van der Waals surface area contributed by atoms with Crippen LogP contribution in [-0.4, -0.2) is 21.1 Å². The van der Waals surface area contributed by atoms with E-state index in [-0.39, 0.29) is 0 Å². The van der Waals surface area contributed by atoms with Gasteiger partial charge in [-0.25, -0.2) is 9.97 Å². The van der Waals surface area contributed by atoms with Crippen molar-refractivity contribution >= 4 is 22.5 Å². The van der Waals surface area contributed by atoms with Crippen LogP contribution in [0.2, 0.25) is 0 Å². The maximum absolute atomic E-state index is 5.82. The summed E-state index contributed by atoms with van der Waals surface area (Å²) >= 11 is 0. The zero-order chi connectivity index (χ0) is 13.8. The van der Waals surface area contributed by atoms with Crippen LogP contribution in [0.3, 0.4) is 0 Å². The third kappa shape index (κ3) is 2.56. The molecule has 98 valence electrons. The summed E-state index contributed by atoms with van der Waals surface area (Å²) in [6.45, 7) is 6.24. The molecule has 2 heterocycles. The Labute approximate surface area is 112 Å². The number of rotatable bonds is 4. The second kappa shape index (κ2) is 5.49. The van der Waals surface area contributed by atoms with E-state index in [2.05, 4.69) is 16.5 Å². The molecule has 0 fully saturated rings. The Kier molecular flexibility index (Phi) is 3.77. The Morgan fingerprint density at radius 3 is 2.89 bits per heavy atom. The monoisotopic (exact) mass is 255 g/mol. The van der Waals surface area contributed by atoms with Gasteiger partial charge in [0, 0.05) is 18.4 Å². The highest BCUT2D eigenvalue weighted by Gasteiger charge is 2.07. The minimum atomic E-state index is 0.440. The summed E-state index contributed by atoms with van der Waals surface area (Å²) in [5.41, 5.74) is 14.0. The van der Waals surface area contributed by atoms with Crippen LogP contribution in [0, 0.1) is 0 Å². The first-order valence-corrected chi connectivity index (χ1v) is 5.97. The predicted octanol–water partition coefficient (Wildman–Crippen LogP) is 1.95. The number of anilines is 1. The molecule has 0 aliphatic carbocycles. The summed E-state index contributed by atoms with van der Waals surface area (Å²) in [6.07, 6.45) is 9.21. The molecular formula is C14H17N5. The van der Waals surface area contributed by atoms with Crippen molar-refractivity contribution in [3.05, 3.63) is 49.0 Å². The van der Waals surface area contributed by atoms with Gasteiger partial charge in [0.05, 0.1) is 5.39 Å². The van der Waals surface area contributed by atoms with Gasteiger partial charge in [0.2, 0.25) is 0 Å². The number of allylic oxidation sites excluding steroid dienone is 3. The van der Waals surface area contributed by atoms with Crippen LogP contribution < -0.4 is 11.5 Å². The second-order valence-corrected chi connectivity index (χ2v) is 4.09. The summed E-state index contributed by atoms with van der Waals surface area (Å²) in [7, 11) is 0. The SMILES string of the molecule is C=C(/C=C\C(=C/C)n1ccc2c(N)ncnc21)CN. The van der Waals surface area contributed by atoms with Crippen LogP contribution in [0.15, 0.2) is 49.0 Å². The topological polar surface area (TPSA) is 82.8 Å². The van der Waals surface area contributed by atoms with Crippen molar-refractivity contribution in [2.24, 2.45) is 5.73 Å². The van der Waals surface area contributed by atoms with E-state index in [0.29, 0.717) is 12.4 Å². The lowest BCUT2D eigenvalue weighted by atomic mass is 10.2. The molecule has 0 aliphatic heterocycles. The summed E-state index contributed by atoms with van der Waals surface area (Å²) in [6, 6.07) is 1.90. The fourth-order valence-electron chi connectivity index (χ4n) is 1.77. The quantitative estimate of drug-likeness (QED) is 0.818. The van der Waals surface area contributed by atoms with E-state index in [1.807, 2.05) is 42.0 Å². The number of fused-ring (bicyclic) bond motifs is 1. The first-order valence-electron chi connectivity index (χ1n) is 5.97. The number of hydrogen-bond donors (Lipinski definition) is 2. The molecule has 0 spiro atoms. The molecule has 0 aromatic carbocycles. The van der Waals surface area contributed by atoms with Gasteiger partial charge in [-0.15, -0.1) is 0 Å². The van der Waals surface area contributed by atoms with Crippen LogP contribution in [0.4, 0.5) is 5.82 Å². The summed E-state index contributed by atoms with van der Waals surface area (Å²) in [5.74, 6) is 0.481. The molecule has 0 bridgehead atoms. The second-order valence-electron chi connectivity index (χ2n) is 4.09. The maximum Gasteiger partial charge on any atom is 0.150 e. The van der Waals surface area contributed by atoms with Gasteiger partial charge >= 0.3 is 0 Å². The third-order valence-corrected chi connectivity index (χ3v) is 2.84. The van der Waals surface area contributed by atoms with Gasteiger partial charge in [0.1, 0.15) is 17.8 Å². The first kappa shape index (κ1) is 13.0. The molecular weight excluding hydrogens is 238 g/mol. The molecule has 19 heavy (non-hydrogen) atoms. The molecule has 5 heteroatoms. The van der Waals surface area contributed by atoms with E-state index in [1.165, 1.54) is 6.33 Å². The third-order valence-electron chi connectivity index (χ3n) is 2.84. The molecule has 0 aliphatic rings. The van der Waals surface area contributed by atoms with E-state index in [0.717, 1.165) is 22.3 Å². The average molecular weight is 255 g/mol. The van der Waals surface area contributed by atoms with Gasteiger partial charge in [-0.2, -0.15) is 0 Å². The van der Waals surface area contributed by atoms with Gasteiger partial charge in [-0.3, -0.25) is 0 Å². The smallest absolute Gasteiger partial charge is 0.150 e. The predicted molar refractivity (Wildman–Crippen MR) is 79.2 cm³/mol. The van der Waals surface area contributed by atoms with Gasteiger partial charge in [-0.1, -0.05) is 18.7 Å². The van der Waals surface area contributed by atoms with Crippen LogP contribution in [-0.2, 0) is 0 Å². The van der Waals surface area contributed by atoms with Crippen molar-refractivity contribution in [2.45, 2.75) is 6.92 Å². The van der Waals surface area contributed by atoms with E-state index >= 15 is 0 Å². The molecule has 0 saturated carbocycles. The minimum Gasteiger partial charge on any atom is -0.383 e. The van der Waals surface area contributed by atoms with Crippen molar-refractivity contribution in [1.82, 2.24) is 14.5 Å². The van der Waals surface area contributed by atoms with Gasteiger partial charge in [-0.05, 0) is 24.6 Å². The van der Waals surface area contributed by atoms with Crippen molar-refractivity contribution < 1.29 is 0 Å². The molecule has 2 aromatic rings. The standard InChI is InChI=1S/C14H17N5/c1-3-11(5-4-10(2)8-15)19-7-6-12-13(16)17-9-18-14(12)19/h3-7,9H,2,8,15H2,1H3,(H2,16,17,18)/b5-4-,11-3+. The van der Waals surface area contributed by atoms with Crippen molar-refractivity contribution in [3.8, 4) is 0 Å². The number of aromatic nitrogens is 3. The largest absolute Gasteiger partial charge is 0.383 e. The normalized spacial score (nSPS) is 12.4. The summed E-state index contributed by atoms with van der Waals surface area (Å²) < 4.78 is 1.95. The van der Waals surface area contributed by atoms with Crippen molar-refractivity contribution in [1.29, 1.82) is 0 Å². The summed E-state index contributed by atoms with van der Waals surface area (Å²) in [5, 5.41) is 0.841. The van der Waals surface area contributed by atoms with Crippen molar-refractivity contribution in [2.75, 3.05) is 12.3 Å². The van der Waals surface area contributed by atoms with Gasteiger partial charge in [0.25, 0.3) is 0 Å². The maximum atomic E-state index is 5.82. The Hall–Kier alpha value is -2.40. The van der Waals surface area contributed by atoms with Crippen LogP contribution in [0.25, 0.3) is 16.7 Å². The molecule has 5 nitrogen and oxygen atoms in total. The Morgan fingerprint density at radius 1 is 1.42 bits per heavy atom. The zero-order valence-electron chi connectivity index (χ0n) is 10.9. The molecule has 0 amide bonds. The van der Waals surface area contributed by atoms with E-state index in [9.17, 15) is 0 Å². The minimum absolute atomic E-state index is 0.440. The average Bonchev–Trinajstić information content (AvgIpc) is 2.85. The van der Waals surface area contributed by atoms with Crippen LogP contribution >= 0.6 is 0 Å². The molecule has 0 unspecified atom stereocenters. The number of nitrogens with zero attached hydrogens (tertiary/aromatic N) is 3. The molecule has 0 radical (unpaired) electrons. The van der Waals surface area contributed by atoms with Crippen LogP contribution in [0.1, 0.15) is 6.92 Å². The van der Waals surface area contributed by atoms with E-state index in [1.54, 1.807) is 0 Å². The Bertz CT molecular complexity index is 664. The molecule has 2 aromatic heterocycles. The zero-order valence-corrected chi connectivity index (χ0v) is 10.9. The highest BCUT2D eigenvalue weighted by molar-refractivity contribution is 5.89. The van der Waals surface area contributed by atoms with E-state index in [4.69, 9.17) is 11.5 Å². The Balaban J connectivity index is 2.45. The van der Waals surface area contributed by atoms with Gasteiger partial charge < -0.3 is 16.0 Å². The fraction of sp³-hybridized carbons (Fsp3) is 0.143. The molecule has 4 N–H and O–H groups in total. The molecule has 0 saturated heterocycles. The molecule has 2 rings (SSSR count).